The fraction of sp³-hybridized carbons (Fsp3) is 0.600. The standard InChI is InChI=1S/C8H10O.C2H6/c1-2-4-8-7(3-1)5-6-9-8;1-2/h1-2,4,7H,3,5-6H2;1-2H3. The number of ether oxygens (including phenoxy) is 1. The summed E-state index contributed by atoms with van der Waals surface area (Å²) in [6.45, 7) is 4.93. The predicted octanol–water partition coefficient (Wildman–Crippen LogP) is 2.89. The van der Waals surface area contributed by atoms with Gasteiger partial charge in [0, 0.05) is 5.92 Å². The molecule has 0 aromatic rings. The van der Waals surface area contributed by atoms with Crippen LogP contribution >= 0.6 is 0 Å². The van der Waals surface area contributed by atoms with Crippen LogP contribution in [0.1, 0.15) is 26.7 Å². The van der Waals surface area contributed by atoms with Gasteiger partial charge in [-0.05, 0) is 18.9 Å². The van der Waals surface area contributed by atoms with Crippen LogP contribution in [0.4, 0.5) is 0 Å². The van der Waals surface area contributed by atoms with Gasteiger partial charge in [-0.3, -0.25) is 0 Å². The Kier molecular flexibility index (Phi) is 3.21. The first kappa shape index (κ1) is 8.38. The first-order valence-corrected chi connectivity index (χ1v) is 4.46. The summed E-state index contributed by atoms with van der Waals surface area (Å²) >= 11 is 0. The minimum Gasteiger partial charge on any atom is -0.498 e. The molecular weight excluding hydrogens is 136 g/mol. The lowest BCUT2D eigenvalue weighted by Gasteiger charge is -2.08. The molecule has 1 nitrogen and oxygen atoms in total. The number of fused-ring (bicyclic) bond motifs is 1. The second-order valence-corrected chi connectivity index (χ2v) is 2.57. The molecule has 0 bridgehead atoms. The van der Waals surface area contributed by atoms with Crippen LogP contribution < -0.4 is 0 Å². The minimum atomic E-state index is 0.718. The smallest absolute Gasteiger partial charge is 0.0994 e. The average Bonchev–Trinajstić information content (AvgIpc) is 2.55. The van der Waals surface area contributed by atoms with E-state index >= 15 is 0 Å². The number of hydrogen-bond donors (Lipinski definition) is 0. The maximum Gasteiger partial charge on any atom is 0.0994 e. The highest BCUT2D eigenvalue weighted by Gasteiger charge is 2.21. The van der Waals surface area contributed by atoms with E-state index in [0.717, 1.165) is 12.5 Å². The average molecular weight is 152 g/mol. The molecule has 0 saturated carbocycles. The first-order valence-electron chi connectivity index (χ1n) is 4.46. The SMILES string of the molecule is C1=CCC2CCOC2=C1.CC. The highest BCUT2D eigenvalue weighted by atomic mass is 16.5. The maximum absolute atomic E-state index is 5.37. The third-order valence-electron chi connectivity index (χ3n) is 1.95. The molecule has 0 N–H and O–H groups in total. The van der Waals surface area contributed by atoms with Crippen molar-refractivity contribution in [1.82, 2.24) is 0 Å². The van der Waals surface area contributed by atoms with E-state index in [1.54, 1.807) is 0 Å². The van der Waals surface area contributed by atoms with Crippen LogP contribution in [0.5, 0.6) is 0 Å². The van der Waals surface area contributed by atoms with Crippen molar-refractivity contribution in [2.75, 3.05) is 6.61 Å². The Hall–Kier alpha value is -0.720. The molecule has 1 fully saturated rings. The number of rotatable bonds is 0. The zero-order valence-electron chi connectivity index (χ0n) is 7.34. The van der Waals surface area contributed by atoms with E-state index in [2.05, 4.69) is 18.2 Å². The zero-order chi connectivity index (χ0) is 8.10. The van der Waals surface area contributed by atoms with Gasteiger partial charge in [-0.15, -0.1) is 0 Å². The molecule has 1 heteroatoms. The summed E-state index contributed by atoms with van der Waals surface area (Å²) in [5, 5.41) is 0. The van der Waals surface area contributed by atoms with Crippen LogP contribution in [0.15, 0.2) is 24.0 Å². The van der Waals surface area contributed by atoms with Crippen molar-refractivity contribution in [2.24, 2.45) is 5.92 Å². The molecule has 0 aromatic carbocycles. The van der Waals surface area contributed by atoms with Crippen LogP contribution in [0.2, 0.25) is 0 Å². The van der Waals surface area contributed by atoms with Gasteiger partial charge in [0.15, 0.2) is 0 Å². The third kappa shape index (κ3) is 1.86. The summed E-state index contributed by atoms with van der Waals surface area (Å²) in [5.74, 6) is 1.92. The monoisotopic (exact) mass is 152 g/mol. The van der Waals surface area contributed by atoms with E-state index in [9.17, 15) is 0 Å². The van der Waals surface area contributed by atoms with Crippen LogP contribution in [-0.4, -0.2) is 6.61 Å². The van der Waals surface area contributed by atoms with Crippen LogP contribution in [-0.2, 0) is 4.74 Å². The van der Waals surface area contributed by atoms with Gasteiger partial charge in [-0.25, -0.2) is 0 Å². The molecule has 1 aliphatic carbocycles. The van der Waals surface area contributed by atoms with Gasteiger partial charge in [-0.1, -0.05) is 26.0 Å². The van der Waals surface area contributed by atoms with Crippen molar-refractivity contribution in [3.8, 4) is 0 Å². The van der Waals surface area contributed by atoms with E-state index in [0.29, 0.717) is 0 Å². The molecule has 0 aromatic heterocycles. The molecule has 1 heterocycles. The lowest BCUT2D eigenvalue weighted by molar-refractivity contribution is 0.258. The van der Waals surface area contributed by atoms with Crippen molar-refractivity contribution < 1.29 is 4.74 Å². The molecule has 11 heavy (non-hydrogen) atoms. The van der Waals surface area contributed by atoms with Gasteiger partial charge in [-0.2, -0.15) is 0 Å². The van der Waals surface area contributed by atoms with Crippen molar-refractivity contribution in [3.05, 3.63) is 24.0 Å². The molecule has 2 rings (SSSR count). The topological polar surface area (TPSA) is 9.23 Å². The van der Waals surface area contributed by atoms with E-state index in [4.69, 9.17) is 4.74 Å². The van der Waals surface area contributed by atoms with Crippen LogP contribution in [0.25, 0.3) is 0 Å². The van der Waals surface area contributed by atoms with E-state index in [-0.39, 0.29) is 0 Å². The van der Waals surface area contributed by atoms with Crippen molar-refractivity contribution in [2.45, 2.75) is 26.7 Å². The first-order chi connectivity index (χ1) is 5.47. The lowest BCUT2D eigenvalue weighted by atomic mass is 9.98. The Morgan fingerprint density at radius 3 is 3.00 bits per heavy atom. The van der Waals surface area contributed by atoms with Gasteiger partial charge in [0.05, 0.1) is 12.4 Å². The van der Waals surface area contributed by atoms with E-state index in [1.807, 2.05) is 13.8 Å². The highest BCUT2D eigenvalue weighted by Crippen LogP contribution is 2.30. The molecule has 1 aliphatic heterocycles. The largest absolute Gasteiger partial charge is 0.498 e. The summed E-state index contributed by atoms with van der Waals surface area (Å²) in [5.41, 5.74) is 0. The maximum atomic E-state index is 5.37. The number of hydrogen-bond acceptors (Lipinski definition) is 1. The molecule has 0 spiro atoms. The Morgan fingerprint density at radius 1 is 1.45 bits per heavy atom. The molecule has 1 unspecified atom stereocenters. The fourth-order valence-corrected chi connectivity index (χ4v) is 1.40. The molecule has 62 valence electrons. The second kappa shape index (κ2) is 4.22. The number of allylic oxidation sites excluding steroid dienone is 4. The second-order valence-electron chi connectivity index (χ2n) is 2.57. The Morgan fingerprint density at radius 2 is 2.27 bits per heavy atom. The van der Waals surface area contributed by atoms with E-state index in [1.165, 1.54) is 18.6 Å². The van der Waals surface area contributed by atoms with Gasteiger partial charge in [0.25, 0.3) is 0 Å². The molecular formula is C10H16O. The van der Waals surface area contributed by atoms with Crippen molar-refractivity contribution >= 4 is 0 Å². The molecule has 1 saturated heterocycles. The minimum absolute atomic E-state index is 0.718. The van der Waals surface area contributed by atoms with Gasteiger partial charge in [0.2, 0.25) is 0 Å². The molecule has 2 aliphatic rings. The van der Waals surface area contributed by atoms with Gasteiger partial charge >= 0.3 is 0 Å². The fourth-order valence-electron chi connectivity index (χ4n) is 1.40. The quantitative estimate of drug-likeness (QED) is 0.518. The normalized spacial score (nSPS) is 26.0. The summed E-state index contributed by atoms with van der Waals surface area (Å²) in [6.07, 6.45) is 8.78. The van der Waals surface area contributed by atoms with Crippen molar-refractivity contribution in [1.29, 1.82) is 0 Å². The van der Waals surface area contributed by atoms with E-state index < -0.39 is 0 Å². The Bertz CT molecular complexity index is 168. The van der Waals surface area contributed by atoms with Crippen LogP contribution in [0.3, 0.4) is 0 Å². The Balaban J connectivity index is 0.000000281. The molecule has 0 amide bonds. The summed E-state index contributed by atoms with van der Waals surface area (Å²) < 4.78 is 5.37. The molecule has 1 atom stereocenters. The lowest BCUT2D eigenvalue weighted by Crippen LogP contribution is -1.97. The highest BCUT2D eigenvalue weighted by molar-refractivity contribution is 5.18. The zero-order valence-corrected chi connectivity index (χ0v) is 7.34. The van der Waals surface area contributed by atoms with Crippen molar-refractivity contribution in [3.63, 3.8) is 0 Å². The summed E-state index contributed by atoms with van der Waals surface area (Å²) in [4.78, 5) is 0. The van der Waals surface area contributed by atoms with Gasteiger partial charge < -0.3 is 4.74 Å². The van der Waals surface area contributed by atoms with Gasteiger partial charge in [0.1, 0.15) is 0 Å². The van der Waals surface area contributed by atoms with Crippen LogP contribution in [0, 0.1) is 5.92 Å². The third-order valence-corrected chi connectivity index (χ3v) is 1.95. The summed E-state index contributed by atoms with van der Waals surface area (Å²) in [7, 11) is 0. The Labute approximate surface area is 68.8 Å². The predicted molar refractivity (Wildman–Crippen MR) is 47.2 cm³/mol. The summed E-state index contributed by atoms with van der Waals surface area (Å²) in [6, 6.07) is 0. The molecule has 0 radical (unpaired) electrons.